The van der Waals surface area contributed by atoms with Crippen molar-refractivity contribution in [3.63, 3.8) is 0 Å². The van der Waals surface area contributed by atoms with Gasteiger partial charge in [0.2, 0.25) is 0 Å². The van der Waals surface area contributed by atoms with Crippen LogP contribution in [0.15, 0.2) is 24.3 Å². The average molecular weight is 249 g/mol. The molecule has 1 aliphatic carbocycles. The molecule has 0 radical (unpaired) electrons. The van der Waals surface area contributed by atoms with Crippen molar-refractivity contribution in [2.75, 3.05) is 0 Å². The first-order valence-electron chi connectivity index (χ1n) is 7.22. The molecule has 18 heavy (non-hydrogen) atoms. The second-order valence-corrected chi connectivity index (χ2v) is 5.50. The molecule has 1 fully saturated rings. The maximum absolute atomic E-state index is 12.9. The van der Waals surface area contributed by atoms with Gasteiger partial charge in [-0.2, -0.15) is 0 Å². The van der Waals surface area contributed by atoms with E-state index in [1.54, 1.807) is 12.1 Å². The molecule has 1 aliphatic rings. The standard InChI is InChI=1S/C16H24FN/c1-3-13-6-4-5-7-16(13)18-12(2)14-8-10-15(17)11-9-14/h8-13,16,18H,3-7H2,1-2H3/t12-,13?,16?/m1/s1. The first kappa shape index (κ1) is 13.5. The lowest BCUT2D eigenvalue weighted by atomic mass is 9.82. The summed E-state index contributed by atoms with van der Waals surface area (Å²) in [6, 6.07) is 7.80. The zero-order chi connectivity index (χ0) is 13.0. The van der Waals surface area contributed by atoms with Crippen LogP contribution >= 0.6 is 0 Å². The Morgan fingerprint density at radius 2 is 1.89 bits per heavy atom. The molecule has 100 valence electrons. The summed E-state index contributed by atoms with van der Waals surface area (Å²) in [6.45, 7) is 4.46. The van der Waals surface area contributed by atoms with Crippen molar-refractivity contribution < 1.29 is 4.39 Å². The van der Waals surface area contributed by atoms with Gasteiger partial charge >= 0.3 is 0 Å². The van der Waals surface area contributed by atoms with Gasteiger partial charge in [0.15, 0.2) is 0 Å². The molecule has 0 aliphatic heterocycles. The Kier molecular flexibility index (Phi) is 4.76. The van der Waals surface area contributed by atoms with Gasteiger partial charge in [-0.15, -0.1) is 0 Å². The number of halogens is 1. The average Bonchev–Trinajstić information content (AvgIpc) is 2.40. The normalized spacial score (nSPS) is 25.9. The van der Waals surface area contributed by atoms with Gasteiger partial charge in [0.25, 0.3) is 0 Å². The minimum Gasteiger partial charge on any atom is -0.307 e. The number of rotatable bonds is 4. The number of benzene rings is 1. The molecule has 2 heteroatoms. The highest BCUT2D eigenvalue weighted by atomic mass is 19.1. The third-order valence-electron chi connectivity index (χ3n) is 4.27. The van der Waals surface area contributed by atoms with Crippen molar-refractivity contribution >= 4 is 0 Å². The second kappa shape index (κ2) is 6.33. The first-order chi connectivity index (χ1) is 8.70. The maximum atomic E-state index is 12.9. The van der Waals surface area contributed by atoms with Crippen molar-refractivity contribution in [1.82, 2.24) is 5.32 Å². The van der Waals surface area contributed by atoms with Gasteiger partial charge in [-0.05, 0) is 43.4 Å². The monoisotopic (exact) mass is 249 g/mol. The Hall–Kier alpha value is -0.890. The summed E-state index contributed by atoms with van der Waals surface area (Å²) in [5, 5.41) is 3.73. The summed E-state index contributed by atoms with van der Waals surface area (Å²) in [6.07, 6.45) is 6.61. The van der Waals surface area contributed by atoms with Crippen LogP contribution in [-0.2, 0) is 0 Å². The van der Waals surface area contributed by atoms with Crippen LogP contribution in [0.1, 0.15) is 57.6 Å². The first-order valence-corrected chi connectivity index (χ1v) is 7.22. The summed E-state index contributed by atoms with van der Waals surface area (Å²) in [5.74, 6) is 0.650. The smallest absolute Gasteiger partial charge is 0.123 e. The van der Waals surface area contributed by atoms with Gasteiger partial charge in [-0.3, -0.25) is 0 Å². The molecule has 2 unspecified atom stereocenters. The molecule has 0 saturated heterocycles. The number of hydrogen-bond donors (Lipinski definition) is 1. The van der Waals surface area contributed by atoms with Gasteiger partial charge < -0.3 is 5.32 Å². The minimum absolute atomic E-state index is 0.157. The lowest BCUT2D eigenvalue weighted by molar-refractivity contribution is 0.240. The second-order valence-electron chi connectivity index (χ2n) is 5.50. The highest BCUT2D eigenvalue weighted by Gasteiger charge is 2.24. The van der Waals surface area contributed by atoms with Crippen LogP contribution in [0.2, 0.25) is 0 Å². The van der Waals surface area contributed by atoms with Crippen molar-refractivity contribution in [1.29, 1.82) is 0 Å². The molecule has 3 atom stereocenters. The van der Waals surface area contributed by atoms with E-state index in [2.05, 4.69) is 19.2 Å². The molecule has 0 heterocycles. The van der Waals surface area contributed by atoms with E-state index in [0.29, 0.717) is 12.1 Å². The van der Waals surface area contributed by atoms with Crippen molar-refractivity contribution in [3.8, 4) is 0 Å². The summed E-state index contributed by atoms with van der Waals surface area (Å²) >= 11 is 0. The molecule has 0 spiro atoms. The Labute approximate surface area is 110 Å². The van der Waals surface area contributed by atoms with E-state index in [-0.39, 0.29) is 5.82 Å². The molecular weight excluding hydrogens is 225 g/mol. The highest BCUT2D eigenvalue weighted by molar-refractivity contribution is 5.19. The van der Waals surface area contributed by atoms with Crippen LogP contribution in [0, 0.1) is 11.7 Å². The van der Waals surface area contributed by atoms with E-state index in [0.717, 1.165) is 5.92 Å². The van der Waals surface area contributed by atoms with E-state index < -0.39 is 0 Å². The van der Waals surface area contributed by atoms with Crippen molar-refractivity contribution in [3.05, 3.63) is 35.6 Å². The molecule has 1 aromatic carbocycles. The molecule has 0 aromatic heterocycles. The van der Waals surface area contributed by atoms with Crippen LogP contribution in [-0.4, -0.2) is 6.04 Å². The summed E-state index contributed by atoms with van der Waals surface area (Å²) < 4.78 is 12.9. The third kappa shape index (κ3) is 3.32. The number of nitrogens with one attached hydrogen (secondary N) is 1. The fraction of sp³-hybridized carbons (Fsp3) is 0.625. The maximum Gasteiger partial charge on any atom is 0.123 e. The molecule has 0 bridgehead atoms. The molecule has 1 N–H and O–H groups in total. The topological polar surface area (TPSA) is 12.0 Å². The third-order valence-corrected chi connectivity index (χ3v) is 4.27. The van der Waals surface area contributed by atoms with E-state index in [4.69, 9.17) is 0 Å². The lowest BCUT2D eigenvalue weighted by Crippen LogP contribution is -2.39. The van der Waals surface area contributed by atoms with Crippen LogP contribution < -0.4 is 5.32 Å². The Bertz CT molecular complexity index is 360. The molecule has 1 saturated carbocycles. The van der Waals surface area contributed by atoms with Crippen molar-refractivity contribution in [2.24, 2.45) is 5.92 Å². The lowest BCUT2D eigenvalue weighted by Gasteiger charge is -2.34. The molecule has 2 rings (SSSR count). The number of hydrogen-bond acceptors (Lipinski definition) is 1. The summed E-state index contributed by atoms with van der Waals surface area (Å²) in [4.78, 5) is 0. The van der Waals surface area contributed by atoms with Crippen LogP contribution in [0.3, 0.4) is 0 Å². The zero-order valence-electron chi connectivity index (χ0n) is 11.5. The molecule has 1 aromatic rings. The predicted molar refractivity (Wildman–Crippen MR) is 74.0 cm³/mol. The van der Waals surface area contributed by atoms with E-state index >= 15 is 0 Å². The van der Waals surface area contributed by atoms with Gasteiger partial charge in [-0.1, -0.05) is 38.3 Å². The zero-order valence-corrected chi connectivity index (χ0v) is 11.5. The predicted octanol–water partition coefficient (Wildman–Crippen LogP) is 4.45. The Morgan fingerprint density at radius 1 is 1.22 bits per heavy atom. The fourth-order valence-corrected chi connectivity index (χ4v) is 3.08. The SMILES string of the molecule is CCC1CCCCC1N[C@H](C)c1ccc(F)cc1. The van der Waals surface area contributed by atoms with Gasteiger partial charge in [-0.25, -0.2) is 4.39 Å². The van der Waals surface area contributed by atoms with E-state index in [1.807, 2.05) is 12.1 Å². The Balaban J connectivity index is 1.97. The van der Waals surface area contributed by atoms with Crippen LogP contribution in [0.5, 0.6) is 0 Å². The summed E-state index contributed by atoms with van der Waals surface area (Å²) in [7, 11) is 0. The Morgan fingerprint density at radius 3 is 2.56 bits per heavy atom. The van der Waals surface area contributed by atoms with Crippen molar-refractivity contribution in [2.45, 2.75) is 58.0 Å². The van der Waals surface area contributed by atoms with Crippen LogP contribution in [0.4, 0.5) is 4.39 Å². The van der Waals surface area contributed by atoms with E-state index in [9.17, 15) is 4.39 Å². The fourth-order valence-electron chi connectivity index (χ4n) is 3.08. The van der Waals surface area contributed by atoms with E-state index in [1.165, 1.54) is 37.7 Å². The molecular formula is C16H24FN. The van der Waals surface area contributed by atoms with Gasteiger partial charge in [0.1, 0.15) is 5.82 Å². The highest BCUT2D eigenvalue weighted by Crippen LogP contribution is 2.28. The minimum atomic E-state index is -0.157. The molecule has 0 amide bonds. The van der Waals surface area contributed by atoms with Gasteiger partial charge in [0.05, 0.1) is 0 Å². The largest absolute Gasteiger partial charge is 0.307 e. The quantitative estimate of drug-likeness (QED) is 0.831. The molecule has 1 nitrogen and oxygen atoms in total. The van der Waals surface area contributed by atoms with Gasteiger partial charge in [0, 0.05) is 12.1 Å². The van der Waals surface area contributed by atoms with Crippen LogP contribution in [0.25, 0.3) is 0 Å². The summed E-state index contributed by atoms with van der Waals surface area (Å²) in [5.41, 5.74) is 1.18.